The summed E-state index contributed by atoms with van der Waals surface area (Å²) < 4.78 is 11.4. The van der Waals surface area contributed by atoms with Crippen LogP contribution in [-0.4, -0.2) is 5.16 Å². The van der Waals surface area contributed by atoms with Gasteiger partial charge in [0, 0.05) is 4.47 Å². The topological polar surface area (TPSA) is 65.2 Å². The minimum absolute atomic E-state index is 0.281. The van der Waals surface area contributed by atoms with Crippen molar-refractivity contribution in [2.75, 3.05) is 5.73 Å². The van der Waals surface area contributed by atoms with E-state index in [-0.39, 0.29) is 5.88 Å². The Morgan fingerprint density at radius 3 is 2.56 bits per heavy atom. The Balaban J connectivity index is 2.17. The second-order valence-corrected chi connectivity index (χ2v) is 4.67. The second-order valence-electron chi connectivity index (χ2n) is 3.75. The fraction of sp³-hybridized carbons (Fsp3) is 0. The van der Waals surface area contributed by atoms with Crippen molar-refractivity contribution in [2.45, 2.75) is 0 Å². The van der Waals surface area contributed by atoms with E-state index in [1.54, 1.807) is 12.3 Å². The Bertz CT molecular complexity index is 657. The van der Waals surface area contributed by atoms with E-state index in [2.05, 4.69) is 21.1 Å². The normalized spacial score (nSPS) is 10.7. The summed E-state index contributed by atoms with van der Waals surface area (Å²) in [7, 11) is 0. The molecular formula is C13H9BrN2O2. The largest absolute Gasteiger partial charge is 0.463 e. The fourth-order valence-corrected chi connectivity index (χ4v) is 2.04. The monoisotopic (exact) mass is 304 g/mol. The smallest absolute Gasteiger partial charge is 0.230 e. The number of hydrogen-bond acceptors (Lipinski definition) is 4. The highest BCUT2D eigenvalue weighted by atomic mass is 79.9. The van der Waals surface area contributed by atoms with E-state index in [9.17, 15) is 0 Å². The number of aromatic nitrogens is 1. The van der Waals surface area contributed by atoms with E-state index in [1.165, 1.54) is 0 Å². The summed E-state index contributed by atoms with van der Waals surface area (Å²) >= 11 is 3.40. The lowest BCUT2D eigenvalue weighted by Gasteiger charge is -2.00. The first kappa shape index (κ1) is 11.1. The summed E-state index contributed by atoms with van der Waals surface area (Å²) in [6.45, 7) is 0. The van der Waals surface area contributed by atoms with Crippen LogP contribution in [0.1, 0.15) is 0 Å². The van der Waals surface area contributed by atoms with Crippen LogP contribution in [0.4, 0.5) is 5.88 Å². The number of benzene rings is 1. The average Bonchev–Trinajstić information content (AvgIpc) is 2.99. The minimum atomic E-state index is 0.281. The molecule has 0 radical (unpaired) electrons. The molecule has 0 atom stereocenters. The van der Waals surface area contributed by atoms with Gasteiger partial charge in [-0.25, -0.2) is 0 Å². The van der Waals surface area contributed by atoms with Crippen molar-refractivity contribution in [3.63, 3.8) is 0 Å². The quantitative estimate of drug-likeness (QED) is 0.778. The molecule has 0 saturated heterocycles. The average molecular weight is 305 g/mol. The lowest BCUT2D eigenvalue weighted by atomic mass is 10.0. The van der Waals surface area contributed by atoms with Crippen molar-refractivity contribution in [3.05, 3.63) is 47.1 Å². The van der Waals surface area contributed by atoms with Crippen molar-refractivity contribution >= 4 is 21.8 Å². The van der Waals surface area contributed by atoms with Crippen LogP contribution in [-0.2, 0) is 0 Å². The van der Waals surface area contributed by atoms with E-state index < -0.39 is 0 Å². The molecule has 4 nitrogen and oxygen atoms in total. The van der Waals surface area contributed by atoms with Crippen LogP contribution in [0.15, 0.2) is 56.1 Å². The highest BCUT2D eigenvalue weighted by Crippen LogP contribution is 2.36. The number of hydrogen-bond donors (Lipinski definition) is 1. The van der Waals surface area contributed by atoms with Crippen molar-refractivity contribution in [1.82, 2.24) is 5.16 Å². The molecule has 0 aliphatic carbocycles. The van der Waals surface area contributed by atoms with Crippen LogP contribution in [0.3, 0.4) is 0 Å². The summed E-state index contributed by atoms with van der Waals surface area (Å²) in [5.74, 6) is 0.914. The van der Waals surface area contributed by atoms with Gasteiger partial charge in [-0.15, -0.1) is 0 Å². The third-order valence-corrected chi connectivity index (χ3v) is 3.13. The molecule has 0 aliphatic heterocycles. The maximum absolute atomic E-state index is 5.83. The van der Waals surface area contributed by atoms with Crippen LogP contribution in [0, 0.1) is 0 Å². The van der Waals surface area contributed by atoms with Gasteiger partial charge in [0.05, 0.1) is 11.8 Å². The second kappa shape index (κ2) is 4.34. The molecule has 3 rings (SSSR count). The highest BCUT2D eigenvalue weighted by Gasteiger charge is 2.18. The molecule has 5 heteroatoms. The number of furan rings is 1. The fourth-order valence-electron chi connectivity index (χ4n) is 1.78. The molecule has 18 heavy (non-hydrogen) atoms. The van der Waals surface area contributed by atoms with Gasteiger partial charge >= 0.3 is 0 Å². The Morgan fingerprint density at radius 1 is 1.11 bits per heavy atom. The molecule has 0 bridgehead atoms. The maximum atomic E-state index is 5.83. The predicted molar refractivity (Wildman–Crippen MR) is 71.8 cm³/mol. The van der Waals surface area contributed by atoms with E-state index in [0.717, 1.165) is 15.6 Å². The number of halogens is 1. The zero-order chi connectivity index (χ0) is 12.5. The third kappa shape index (κ3) is 1.82. The molecule has 3 aromatic rings. The van der Waals surface area contributed by atoms with Crippen LogP contribution in [0.5, 0.6) is 0 Å². The van der Waals surface area contributed by atoms with Gasteiger partial charge in [-0.3, -0.25) is 0 Å². The van der Waals surface area contributed by atoms with Gasteiger partial charge in [-0.1, -0.05) is 33.2 Å². The Hall–Kier alpha value is -2.01. The zero-order valence-electron chi connectivity index (χ0n) is 9.26. The summed E-state index contributed by atoms with van der Waals surface area (Å²) in [4.78, 5) is 0. The Morgan fingerprint density at radius 2 is 1.89 bits per heavy atom. The zero-order valence-corrected chi connectivity index (χ0v) is 10.8. The van der Waals surface area contributed by atoms with E-state index >= 15 is 0 Å². The molecule has 1 aromatic carbocycles. The number of nitrogens with zero attached hydrogens (tertiary/aromatic N) is 1. The molecule has 0 amide bonds. The van der Waals surface area contributed by atoms with Crippen molar-refractivity contribution in [1.29, 1.82) is 0 Å². The molecular weight excluding hydrogens is 296 g/mol. The third-order valence-electron chi connectivity index (χ3n) is 2.61. The molecule has 2 heterocycles. The van der Waals surface area contributed by atoms with Crippen LogP contribution >= 0.6 is 15.9 Å². The van der Waals surface area contributed by atoms with Gasteiger partial charge in [-0.2, -0.15) is 0 Å². The van der Waals surface area contributed by atoms with Gasteiger partial charge in [-0.05, 0) is 29.8 Å². The first-order valence-electron chi connectivity index (χ1n) is 5.30. The standard InChI is InChI=1S/C13H9BrN2O2/c14-9-5-3-8(4-6-9)11-12(16-18-13(11)15)10-2-1-7-17-10/h1-7H,15H2. The van der Waals surface area contributed by atoms with Crippen LogP contribution in [0.25, 0.3) is 22.6 Å². The molecule has 2 aromatic heterocycles. The molecule has 0 unspecified atom stereocenters. The Labute approximate surface area is 112 Å². The molecule has 0 aliphatic rings. The van der Waals surface area contributed by atoms with E-state index in [1.807, 2.05) is 30.3 Å². The van der Waals surface area contributed by atoms with E-state index in [4.69, 9.17) is 14.7 Å². The number of rotatable bonds is 2. The van der Waals surface area contributed by atoms with Gasteiger partial charge in [0.2, 0.25) is 5.88 Å². The first-order valence-corrected chi connectivity index (χ1v) is 6.10. The summed E-state index contributed by atoms with van der Waals surface area (Å²) in [5, 5.41) is 3.95. The number of nitrogens with two attached hydrogens (primary N) is 1. The minimum Gasteiger partial charge on any atom is -0.463 e. The maximum Gasteiger partial charge on any atom is 0.230 e. The van der Waals surface area contributed by atoms with Gasteiger partial charge in [0.25, 0.3) is 0 Å². The molecule has 0 saturated carbocycles. The lowest BCUT2D eigenvalue weighted by Crippen LogP contribution is -1.86. The Kier molecular flexibility index (Phi) is 2.68. The van der Waals surface area contributed by atoms with E-state index in [0.29, 0.717) is 11.5 Å². The summed E-state index contributed by atoms with van der Waals surface area (Å²) in [6.07, 6.45) is 1.59. The summed E-state index contributed by atoms with van der Waals surface area (Å²) in [5.41, 5.74) is 8.13. The molecule has 90 valence electrons. The first-order chi connectivity index (χ1) is 8.75. The lowest BCUT2D eigenvalue weighted by molar-refractivity contribution is 0.436. The SMILES string of the molecule is Nc1onc(-c2ccco2)c1-c1ccc(Br)cc1. The van der Waals surface area contributed by atoms with Gasteiger partial charge in [0.15, 0.2) is 11.5 Å². The van der Waals surface area contributed by atoms with Crippen LogP contribution in [0.2, 0.25) is 0 Å². The van der Waals surface area contributed by atoms with Gasteiger partial charge < -0.3 is 14.7 Å². The number of nitrogen functional groups attached to an aromatic ring is 1. The van der Waals surface area contributed by atoms with Crippen LogP contribution < -0.4 is 5.73 Å². The summed E-state index contributed by atoms with van der Waals surface area (Å²) in [6, 6.07) is 11.4. The number of anilines is 1. The molecule has 0 spiro atoms. The molecule has 0 fully saturated rings. The van der Waals surface area contributed by atoms with Gasteiger partial charge in [0.1, 0.15) is 0 Å². The van der Waals surface area contributed by atoms with Crippen molar-refractivity contribution < 1.29 is 8.94 Å². The highest BCUT2D eigenvalue weighted by molar-refractivity contribution is 9.10. The van der Waals surface area contributed by atoms with Crippen molar-refractivity contribution in [3.8, 4) is 22.6 Å². The predicted octanol–water partition coefficient (Wildman–Crippen LogP) is 3.95. The van der Waals surface area contributed by atoms with Crippen molar-refractivity contribution in [2.24, 2.45) is 0 Å². The molecule has 2 N–H and O–H groups in total.